The van der Waals surface area contributed by atoms with E-state index in [2.05, 4.69) is 21.2 Å². The summed E-state index contributed by atoms with van der Waals surface area (Å²) in [5.41, 5.74) is 4.76. The van der Waals surface area contributed by atoms with Crippen molar-refractivity contribution in [1.82, 2.24) is 15.6 Å². The maximum absolute atomic E-state index is 12.0. The molecular formula is C22H27N5O5. The average molecular weight is 441 g/mol. The van der Waals surface area contributed by atoms with Gasteiger partial charge >= 0.3 is 23.6 Å². The molecule has 2 rings (SSSR count). The van der Waals surface area contributed by atoms with Crippen LogP contribution in [0.5, 0.6) is 0 Å². The van der Waals surface area contributed by atoms with Gasteiger partial charge in [0.1, 0.15) is 11.5 Å². The van der Waals surface area contributed by atoms with Gasteiger partial charge in [-0.1, -0.05) is 6.07 Å². The Balaban J connectivity index is 1.82. The van der Waals surface area contributed by atoms with E-state index in [1.54, 1.807) is 38.1 Å². The van der Waals surface area contributed by atoms with Crippen molar-refractivity contribution in [1.29, 1.82) is 0 Å². The molecule has 0 aliphatic heterocycles. The number of nitrogens with one attached hydrogen (secondary N) is 3. The monoisotopic (exact) mass is 441 g/mol. The molecule has 32 heavy (non-hydrogen) atoms. The maximum atomic E-state index is 12.0. The lowest BCUT2D eigenvalue weighted by Crippen LogP contribution is -2.41. The molecule has 4 amide bonds. The van der Waals surface area contributed by atoms with Gasteiger partial charge in [-0.15, -0.1) is 0 Å². The third kappa shape index (κ3) is 6.79. The second-order valence-corrected chi connectivity index (χ2v) is 6.92. The number of carbonyl (C=O) groups is 4. The lowest BCUT2D eigenvalue weighted by atomic mass is 10.1. The van der Waals surface area contributed by atoms with E-state index in [-0.39, 0.29) is 6.54 Å². The van der Waals surface area contributed by atoms with Crippen LogP contribution in [0.3, 0.4) is 0 Å². The minimum absolute atomic E-state index is 0.0141. The lowest BCUT2D eigenvalue weighted by Gasteiger charge is -2.16. The first kappa shape index (κ1) is 24.3. The Morgan fingerprint density at radius 2 is 1.69 bits per heavy atom. The summed E-state index contributed by atoms with van der Waals surface area (Å²) >= 11 is 0. The van der Waals surface area contributed by atoms with Crippen LogP contribution in [0.2, 0.25) is 0 Å². The van der Waals surface area contributed by atoms with Gasteiger partial charge in [-0.3, -0.25) is 19.2 Å². The minimum Gasteiger partial charge on any atom is -0.458 e. The fraction of sp³-hybridized carbons (Fsp3) is 0.318. The third-order valence-corrected chi connectivity index (χ3v) is 4.68. The van der Waals surface area contributed by atoms with E-state index in [0.29, 0.717) is 30.3 Å². The van der Waals surface area contributed by atoms with Gasteiger partial charge in [0.05, 0.1) is 12.8 Å². The van der Waals surface area contributed by atoms with Crippen LogP contribution in [0, 0.1) is 13.8 Å². The molecule has 0 saturated carbocycles. The Bertz CT molecular complexity index is 1020. The SMILES string of the molecule is CCN(CC)C(=O)C(=O)N/N=C/c1ccc(CNC(=O)C(=O)Nc2ccc(C)c(C)c2)o1. The summed E-state index contributed by atoms with van der Waals surface area (Å²) in [6, 6.07) is 8.52. The first-order chi connectivity index (χ1) is 15.2. The van der Waals surface area contributed by atoms with Crippen molar-refractivity contribution in [3.8, 4) is 0 Å². The fourth-order valence-electron chi connectivity index (χ4n) is 2.67. The summed E-state index contributed by atoms with van der Waals surface area (Å²) in [5.74, 6) is -2.44. The highest BCUT2D eigenvalue weighted by molar-refractivity contribution is 6.39. The first-order valence-corrected chi connectivity index (χ1v) is 10.1. The summed E-state index contributed by atoms with van der Waals surface area (Å²) in [4.78, 5) is 49.1. The Hall–Kier alpha value is -3.95. The number of hydrogen-bond acceptors (Lipinski definition) is 6. The van der Waals surface area contributed by atoms with E-state index in [0.717, 1.165) is 11.1 Å². The van der Waals surface area contributed by atoms with E-state index >= 15 is 0 Å². The van der Waals surface area contributed by atoms with Gasteiger partial charge < -0.3 is 20.0 Å². The molecule has 0 fully saturated rings. The number of nitrogens with zero attached hydrogens (tertiary/aromatic N) is 2. The number of anilines is 1. The molecule has 10 nitrogen and oxygen atoms in total. The number of carbonyl (C=O) groups excluding carboxylic acids is 4. The predicted molar refractivity (Wildman–Crippen MR) is 119 cm³/mol. The largest absolute Gasteiger partial charge is 0.458 e. The van der Waals surface area contributed by atoms with Crippen LogP contribution in [0.25, 0.3) is 0 Å². The van der Waals surface area contributed by atoms with Crippen molar-refractivity contribution in [2.45, 2.75) is 34.2 Å². The van der Waals surface area contributed by atoms with Gasteiger partial charge in [0.25, 0.3) is 0 Å². The van der Waals surface area contributed by atoms with E-state index in [1.165, 1.54) is 11.1 Å². The molecule has 0 spiro atoms. The second-order valence-electron chi connectivity index (χ2n) is 6.92. The van der Waals surface area contributed by atoms with Crippen molar-refractivity contribution in [3.05, 3.63) is 53.0 Å². The Morgan fingerprint density at radius 1 is 0.969 bits per heavy atom. The van der Waals surface area contributed by atoms with Crippen molar-refractivity contribution in [3.63, 3.8) is 0 Å². The molecule has 3 N–H and O–H groups in total. The van der Waals surface area contributed by atoms with Crippen LogP contribution in [0.1, 0.15) is 36.5 Å². The molecule has 0 unspecified atom stereocenters. The Morgan fingerprint density at radius 3 is 2.34 bits per heavy atom. The molecule has 1 aromatic heterocycles. The van der Waals surface area contributed by atoms with Gasteiger partial charge in [0.15, 0.2) is 0 Å². The smallest absolute Gasteiger partial charge is 0.329 e. The summed E-state index contributed by atoms with van der Waals surface area (Å²) in [7, 11) is 0. The summed E-state index contributed by atoms with van der Waals surface area (Å²) in [6.07, 6.45) is 1.23. The van der Waals surface area contributed by atoms with E-state index in [9.17, 15) is 19.2 Å². The van der Waals surface area contributed by atoms with Crippen LogP contribution in [0.15, 0.2) is 39.9 Å². The normalized spacial score (nSPS) is 10.6. The third-order valence-electron chi connectivity index (χ3n) is 4.68. The lowest BCUT2D eigenvalue weighted by molar-refractivity contribution is -0.145. The maximum Gasteiger partial charge on any atom is 0.329 e. The van der Waals surface area contributed by atoms with Crippen LogP contribution in [-0.4, -0.2) is 47.8 Å². The number of benzene rings is 1. The number of hydrazone groups is 1. The standard InChI is InChI=1S/C22H27N5O5/c1-5-27(6-2)22(31)21(30)26-24-13-18-10-9-17(32-18)12-23-19(28)20(29)25-16-8-7-14(3)15(4)11-16/h7-11,13H,5-6,12H2,1-4H3,(H,23,28)(H,25,29)(H,26,30)/b24-13+. The zero-order chi connectivity index (χ0) is 23.7. The van der Waals surface area contributed by atoms with Crippen LogP contribution >= 0.6 is 0 Å². The van der Waals surface area contributed by atoms with E-state index in [1.807, 2.05) is 19.9 Å². The second kappa shape index (κ2) is 11.4. The zero-order valence-corrected chi connectivity index (χ0v) is 18.5. The van der Waals surface area contributed by atoms with E-state index < -0.39 is 23.6 Å². The van der Waals surface area contributed by atoms with Crippen molar-refractivity contribution < 1.29 is 23.6 Å². The Labute approximate surface area is 186 Å². The Kier molecular flexibility index (Phi) is 8.70. The van der Waals surface area contributed by atoms with Crippen molar-refractivity contribution in [2.75, 3.05) is 18.4 Å². The number of furan rings is 1. The van der Waals surface area contributed by atoms with Crippen LogP contribution in [0.4, 0.5) is 5.69 Å². The molecule has 0 atom stereocenters. The number of aryl methyl sites for hydroxylation is 2. The first-order valence-electron chi connectivity index (χ1n) is 10.1. The van der Waals surface area contributed by atoms with Crippen molar-refractivity contribution in [2.24, 2.45) is 5.10 Å². The molecule has 0 saturated heterocycles. The average Bonchev–Trinajstić information content (AvgIpc) is 3.22. The molecule has 0 aliphatic carbocycles. The predicted octanol–water partition coefficient (Wildman–Crippen LogP) is 1.47. The number of rotatable bonds is 7. The molecular weight excluding hydrogens is 414 g/mol. The topological polar surface area (TPSA) is 133 Å². The van der Waals surface area contributed by atoms with Gasteiger partial charge in [-0.05, 0) is 63.1 Å². The fourth-order valence-corrected chi connectivity index (χ4v) is 2.67. The molecule has 10 heteroatoms. The highest BCUT2D eigenvalue weighted by atomic mass is 16.3. The van der Waals surface area contributed by atoms with Gasteiger partial charge in [0.2, 0.25) is 0 Å². The molecule has 0 bridgehead atoms. The van der Waals surface area contributed by atoms with Crippen molar-refractivity contribution >= 4 is 35.5 Å². The van der Waals surface area contributed by atoms with Gasteiger partial charge in [0, 0.05) is 18.8 Å². The molecule has 0 aliphatic rings. The quantitative estimate of drug-likeness (QED) is 0.340. The van der Waals surface area contributed by atoms with Crippen LogP contribution in [-0.2, 0) is 25.7 Å². The molecule has 170 valence electrons. The van der Waals surface area contributed by atoms with Gasteiger partial charge in [-0.2, -0.15) is 5.10 Å². The zero-order valence-electron chi connectivity index (χ0n) is 18.5. The van der Waals surface area contributed by atoms with E-state index in [4.69, 9.17) is 4.42 Å². The van der Waals surface area contributed by atoms with Gasteiger partial charge in [-0.25, -0.2) is 5.43 Å². The number of hydrogen-bond donors (Lipinski definition) is 3. The number of amides is 4. The summed E-state index contributed by atoms with van der Waals surface area (Å²) in [6.45, 7) is 8.24. The summed E-state index contributed by atoms with van der Waals surface area (Å²) < 4.78 is 5.45. The highest BCUT2D eigenvalue weighted by Crippen LogP contribution is 2.14. The molecule has 1 aromatic carbocycles. The highest BCUT2D eigenvalue weighted by Gasteiger charge is 2.18. The molecule has 0 radical (unpaired) electrons. The molecule has 2 aromatic rings. The number of likely N-dealkylation sites (N-methyl/N-ethyl adjacent to an activating group) is 1. The summed E-state index contributed by atoms with van der Waals surface area (Å²) in [5, 5.41) is 8.70. The van der Waals surface area contributed by atoms with Crippen LogP contribution < -0.4 is 16.1 Å². The molecule has 1 heterocycles. The minimum atomic E-state index is -0.848.